The van der Waals surface area contributed by atoms with Crippen molar-refractivity contribution in [2.75, 3.05) is 7.11 Å². The molecule has 2 N–H and O–H groups in total. The van der Waals surface area contributed by atoms with Crippen LogP contribution in [0.25, 0.3) is 0 Å². The number of carbonyl (C=O) groups excluding carboxylic acids is 2. The Morgan fingerprint density at radius 3 is 2.13 bits per heavy atom. The highest BCUT2D eigenvalue weighted by molar-refractivity contribution is 7.84. The summed E-state index contributed by atoms with van der Waals surface area (Å²) in [5, 5.41) is 0.738. The number of methoxy groups -OCH3 is 1. The minimum absolute atomic E-state index is 0.0417. The summed E-state index contributed by atoms with van der Waals surface area (Å²) < 4.78 is 4.94. The van der Waals surface area contributed by atoms with Crippen LogP contribution in [0, 0.1) is 5.41 Å². The number of amides is 2. The largest absolute Gasteiger partial charge is 0.379 e. The highest BCUT2D eigenvalue weighted by Gasteiger charge is 2.50. The fourth-order valence-electron chi connectivity index (χ4n) is 2.86. The normalized spacial score (nSPS) is 21.9. The molecule has 30 heavy (non-hydrogen) atoms. The van der Waals surface area contributed by atoms with Gasteiger partial charge in [0.05, 0.1) is 16.0 Å². The van der Waals surface area contributed by atoms with Crippen LogP contribution in [0.3, 0.4) is 0 Å². The van der Waals surface area contributed by atoms with Gasteiger partial charge >= 0.3 is 0 Å². The first-order valence-electron chi connectivity index (χ1n) is 10.5. The lowest BCUT2D eigenvalue weighted by Gasteiger charge is -2.35. The summed E-state index contributed by atoms with van der Waals surface area (Å²) in [6.45, 7) is 16.2. The molecule has 1 aliphatic heterocycles. The van der Waals surface area contributed by atoms with Gasteiger partial charge in [0.25, 0.3) is 0 Å². The van der Waals surface area contributed by atoms with Gasteiger partial charge < -0.3 is 10.5 Å². The zero-order chi connectivity index (χ0) is 23.7. The highest BCUT2D eigenvalue weighted by atomic mass is 32.1. The molecule has 7 heteroatoms. The van der Waals surface area contributed by atoms with E-state index in [9.17, 15) is 4.79 Å². The second kappa shape index (κ2) is 12.3. The Labute approximate surface area is 188 Å². The fraction of sp³-hybridized carbons (Fsp3) is 0.696. The lowest BCUT2D eigenvalue weighted by atomic mass is 9.86. The van der Waals surface area contributed by atoms with Crippen molar-refractivity contribution in [3.8, 4) is 0 Å². The molecular formula is C23H41N3O3S. The van der Waals surface area contributed by atoms with Crippen molar-refractivity contribution >= 4 is 30.8 Å². The Morgan fingerprint density at radius 2 is 1.83 bits per heavy atom. The van der Waals surface area contributed by atoms with E-state index in [0.29, 0.717) is 6.04 Å². The number of likely N-dealkylation sites (tertiary alicyclic amines) is 1. The molecule has 0 spiro atoms. The molecule has 2 rings (SSSR count). The number of nitrogens with zero attached hydrogens (tertiary/aromatic N) is 2. The van der Waals surface area contributed by atoms with Gasteiger partial charge in [-0.3, -0.25) is 14.5 Å². The predicted octanol–water partition coefficient (Wildman–Crippen LogP) is 4.86. The van der Waals surface area contributed by atoms with E-state index >= 15 is 0 Å². The van der Waals surface area contributed by atoms with Crippen LogP contribution in [0.15, 0.2) is 27.2 Å². The molecule has 0 atom stereocenters. The molecule has 0 bridgehead atoms. The predicted molar refractivity (Wildman–Crippen MR) is 128 cm³/mol. The van der Waals surface area contributed by atoms with Crippen LogP contribution >= 0.6 is 12.6 Å². The summed E-state index contributed by atoms with van der Waals surface area (Å²) in [4.78, 5) is 28.1. The van der Waals surface area contributed by atoms with Crippen LogP contribution in [0.1, 0.15) is 81.1 Å². The summed E-state index contributed by atoms with van der Waals surface area (Å²) in [6.07, 6.45) is 6.55. The molecule has 1 saturated carbocycles. The molecule has 1 heterocycles. The molecule has 0 unspecified atom stereocenters. The van der Waals surface area contributed by atoms with E-state index in [-0.39, 0.29) is 17.9 Å². The molecule has 6 nitrogen and oxygen atoms in total. The maximum atomic E-state index is 12.8. The summed E-state index contributed by atoms with van der Waals surface area (Å²) >= 11 is 4.53. The van der Waals surface area contributed by atoms with Crippen molar-refractivity contribution < 1.29 is 14.3 Å². The third kappa shape index (κ3) is 7.58. The van der Waals surface area contributed by atoms with Crippen molar-refractivity contribution in [1.29, 1.82) is 0 Å². The molecule has 0 radical (unpaired) electrons. The number of rotatable bonds is 3. The average Bonchev–Trinajstić information content (AvgIpc) is 2.80. The fourth-order valence-corrected chi connectivity index (χ4v) is 3.12. The van der Waals surface area contributed by atoms with E-state index in [1.165, 1.54) is 6.42 Å². The lowest BCUT2D eigenvalue weighted by molar-refractivity contribution is -0.134. The van der Waals surface area contributed by atoms with E-state index in [0.717, 1.165) is 41.3 Å². The van der Waals surface area contributed by atoms with E-state index in [1.54, 1.807) is 7.11 Å². The monoisotopic (exact) mass is 439 g/mol. The zero-order valence-corrected chi connectivity index (χ0v) is 21.1. The van der Waals surface area contributed by atoms with Crippen molar-refractivity contribution in [2.24, 2.45) is 16.1 Å². The van der Waals surface area contributed by atoms with Gasteiger partial charge in [0.2, 0.25) is 12.3 Å². The topological polar surface area (TPSA) is 85.0 Å². The summed E-state index contributed by atoms with van der Waals surface area (Å²) in [5.41, 5.74) is 5.89. The SMILES string of the molecule is COC(C)(C)C.C\C=C1/C(=N\C(S)=C(/C)CC)N(C2CCC2)C(=O)C1(C)C.NC=O. The molecule has 2 fully saturated rings. The first-order valence-corrected chi connectivity index (χ1v) is 11.0. The Balaban J connectivity index is 0.000000791. The second-order valence-electron chi connectivity index (χ2n) is 8.93. The maximum Gasteiger partial charge on any atom is 0.238 e. The van der Waals surface area contributed by atoms with Crippen LogP contribution in [0.2, 0.25) is 0 Å². The van der Waals surface area contributed by atoms with E-state index < -0.39 is 5.41 Å². The summed E-state index contributed by atoms with van der Waals surface area (Å²) in [6, 6.07) is 0.316. The Morgan fingerprint density at radius 1 is 1.37 bits per heavy atom. The zero-order valence-electron chi connectivity index (χ0n) is 20.2. The van der Waals surface area contributed by atoms with Crippen LogP contribution in [0.5, 0.6) is 0 Å². The van der Waals surface area contributed by atoms with Crippen molar-refractivity contribution in [3.05, 3.63) is 22.3 Å². The van der Waals surface area contributed by atoms with Crippen molar-refractivity contribution in [3.63, 3.8) is 0 Å². The first-order chi connectivity index (χ1) is 13.8. The molecule has 2 amide bonds. The minimum Gasteiger partial charge on any atom is -0.379 e. The number of nitrogens with two attached hydrogens (primary N) is 1. The number of hydrogen-bond donors (Lipinski definition) is 2. The molecular weight excluding hydrogens is 398 g/mol. The van der Waals surface area contributed by atoms with E-state index in [2.05, 4.69) is 25.3 Å². The van der Waals surface area contributed by atoms with Gasteiger partial charge in [-0.2, -0.15) is 0 Å². The van der Waals surface area contributed by atoms with Gasteiger partial charge in [-0.1, -0.05) is 13.0 Å². The van der Waals surface area contributed by atoms with E-state index in [1.807, 2.05) is 59.4 Å². The van der Waals surface area contributed by atoms with Crippen LogP contribution in [-0.2, 0) is 14.3 Å². The standard InChI is InChI=1S/C17H26N2OS.C5H12O.CH3NO/c1-6-11(3)15(21)18-14-13(7-2)17(4,5)16(20)19(14)12-9-8-10-12;1-5(2,3)6-4;2-1-3/h7,12,21H,6,8-10H2,1-5H3;1-4H3;1H,(H2,2,3)/b13-7+,15-11-,18-14+;;. The van der Waals surface area contributed by atoms with Crippen LogP contribution < -0.4 is 5.73 Å². The molecule has 0 aromatic carbocycles. The number of amidine groups is 1. The smallest absolute Gasteiger partial charge is 0.238 e. The number of primary amides is 1. The summed E-state index contributed by atoms with van der Waals surface area (Å²) in [5.74, 6) is 0.990. The average molecular weight is 440 g/mol. The molecule has 2 aliphatic rings. The summed E-state index contributed by atoms with van der Waals surface area (Å²) in [7, 11) is 1.71. The minimum atomic E-state index is -0.489. The van der Waals surface area contributed by atoms with Crippen molar-refractivity contribution in [2.45, 2.75) is 92.7 Å². The van der Waals surface area contributed by atoms with Crippen LogP contribution in [-0.4, -0.2) is 41.8 Å². The van der Waals surface area contributed by atoms with Gasteiger partial charge in [-0.15, -0.1) is 12.6 Å². The van der Waals surface area contributed by atoms with Gasteiger partial charge in [-0.05, 0) is 79.7 Å². The molecule has 172 valence electrons. The van der Waals surface area contributed by atoms with Crippen LogP contribution in [0.4, 0.5) is 0 Å². The van der Waals surface area contributed by atoms with Crippen molar-refractivity contribution in [1.82, 2.24) is 4.90 Å². The number of allylic oxidation sites excluding steroid dienone is 2. The molecule has 0 aromatic rings. The second-order valence-corrected chi connectivity index (χ2v) is 9.36. The third-order valence-electron chi connectivity index (χ3n) is 5.36. The van der Waals surface area contributed by atoms with E-state index in [4.69, 9.17) is 14.5 Å². The number of hydrogen-bond acceptors (Lipinski definition) is 5. The number of aliphatic imine (C=N–C) groups is 1. The quantitative estimate of drug-likeness (QED) is 0.487. The van der Waals surface area contributed by atoms with Gasteiger partial charge in [0.1, 0.15) is 5.84 Å². The number of ether oxygens (including phenoxy) is 1. The molecule has 1 saturated heterocycles. The van der Waals surface area contributed by atoms with Gasteiger partial charge in [0.15, 0.2) is 0 Å². The Bertz CT molecular complexity index is 684. The lowest BCUT2D eigenvalue weighted by Crippen LogP contribution is -2.45. The number of thiol groups is 1. The Kier molecular flexibility index (Phi) is 11.6. The Hall–Kier alpha value is -1.60. The van der Waals surface area contributed by atoms with Gasteiger partial charge in [-0.25, -0.2) is 4.99 Å². The number of carbonyl (C=O) groups is 2. The molecule has 0 aromatic heterocycles. The molecule has 1 aliphatic carbocycles. The van der Waals surface area contributed by atoms with Gasteiger partial charge in [0, 0.05) is 18.7 Å². The highest BCUT2D eigenvalue weighted by Crippen LogP contribution is 2.42. The maximum absolute atomic E-state index is 12.8. The third-order valence-corrected chi connectivity index (χ3v) is 5.84. The first kappa shape index (κ1) is 28.4.